The van der Waals surface area contributed by atoms with E-state index < -0.39 is 5.41 Å². The molecule has 3 heteroatoms. The van der Waals surface area contributed by atoms with Crippen LogP contribution in [0.3, 0.4) is 0 Å². The normalized spacial score (nSPS) is 38.4. The molecular weight excluding hydrogens is 276 g/mol. The number of carbonyl (C=O) groups is 2. The molecule has 4 atom stereocenters. The number of hydrogen-bond donors (Lipinski definition) is 0. The molecule has 0 amide bonds. The average molecular weight is 298 g/mol. The van der Waals surface area contributed by atoms with E-state index in [0.717, 1.165) is 32.1 Å². The standard InChI is InChI=1S/C19H22O3/c1-13(20)17(21)19-9-15-7-16(19)10-18(8-15,12-19)22-11-14-5-3-2-4-6-14/h2-6,15-16H,7-12H2,1H3. The van der Waals surface area contributed by atoms with Crippen LogP contribution in [0.2, 0.25) is 0 Å². The number of hydrogen-bond acceptors (Lipinski definition) is 3. The Morgan fingerprint density at radius 1 is 1.18 bits per heavy atom. The predicted octanol–water partition coefficient (Wildman–Crippen LogP) is 3.31. The number of carbonyl (C=O) groups excluding carboxylic acids is 2. The highest BCUT2D eigenvalue weighted by Crippen LogP contribution is 2.68. The first kappa shape index (κ1) is 14.1. The molecule has 0 heterocycles. The highest BCUT2D eigenvalue weighted by atomic mass is 16.5. The van der Waals surface area contributed by atoms with Crippen molar-refractivity contribution in [3.63, 3.8) is 0 Å². The van der Waals surface area contributed by atoms with Gasteiger partial charge in [0.2, 0.25) is 5.78 Å². The maximum atomic E-state index is 12.5. The van der Waals surface area contributed by atoms with Gasteiger partial charge < -0.3 is 4.74 Å². The van der Waals surface area contributed by atoms with E-state index in [4.69, 9.17) is 4.74 Å². The Balaban J connectivity index is 1.55. The Kier molecular flexibility index (Phi) is 3.06. The third-order valence-corrected chi connectivity index (χ3v) is 6.13. The van der Waals surface area contributed by atoms with Crippen LogP contribution in [0.4, 0.5) is 0 Å². The molecule has 4 unspecified atom stereocenters. The second kappa shape index (κ2) is 4.76. The molecule has 0 N–H and O–H groups in total. The van der Waals surface area contributed by atoms with Gasteiger partial charge in [-0.05, 0) is 49.5 Å². The Hall–Kier alpha value is -1.48. The summed E-state index contributed by atoms with van der Waals surface area (Å²) in [6.07, 6.45) is 4.78. The summed E-state index contributed by atoms with van der Waals surface area (Å²) in [6, 6.07) is 10.2. The van der Waals surface area contributed by atoms with Crippen molar-refractivity contribution in [2.24, 2.45) is 17.3 Å². The zero-order chi connectivity index (χ0) is 15.4. The number of ether oxygens (including phenoxy) is 1. The third kappa shape index (κ3) is 1.98. The molecule has 0 aliphatic heterocycles. The molecule has 5 rings (SSSR count). The zero-order valence-electron chi connectivity index (χ0n) is 13.0. The number of ketones is 2. The highest BCUT2D eigenvalue weighted by molar-refractivity contribution is 6.38. The highest BCUT2D eigenvalue weighted by Gasteiger charge is 2.67. The van der Waals surface area contributed by atoms with Crippen molar-refractivity contribution in [3.05, 3.63) is 35.9 Å². The maximum absolute atomic E-state index is 12.5. The second-order valence-electron chi connectivity index (χ2n) is 7.59. The fourth-order valence-corrected chi connectivity index (χ4v) is 5.51. The zero-order valence-corrected chi connectivity index (χ0v) is 13.0. The van der Waals surface area contributed by atoms with Crippen LogP contribution in [0.5, 0.6) is 0 Å². The topological polar surface area (TPSA) is 43.4 Å². The molecular formula is C19H22O3. The van der Waals surface area contributed by atoms with E-state index in [1.54, 1.807) is 0 Å². The van der Waals surface area contributed by atoms with Gasteiger partial charge in [-0.15, -0.1) is 0 Å². The first-order valence-corrected chi connectivity index (χ1v) is 8.26. The summed E-state index contributed by atoms with van der Waals surface area (Å²) < 4.78 is 6.34. The van der Waals surface area contributed by atoms with Crippen LogP contribution < -0.4 is 0 Å². The van der Waals surface area contributed by atoms with E-state index >= 15 is 0 Å². The lowest BCUT2D eigenvalue weighted by molar-refractivity contribution is -0.145. The van der Waals surface area contributed by atoms with Gasteiger partial charge in [0, 0.05) is 12.3 Å². The van der Waals surface area contributed by atoms with Crippen LogP contribution in [-0.2, 0) is 20.9 Å². The number of benzene rings is 1. The van der Waals surface area contributed by atoms with Crippen molar-refractivity contribution in [2.75, 3.05) is 0 Å². The minimum Gasteiger partial charge on any atom is -0.370 e. The fraction of sp³-hybridized carbons (Fsp3) is 0.579. The Labute approximate surface area is 131 Å². The van der Waals surface area contributed by atoms with Crippen molar-refractivity contribution in [1.29, 1.82) is 0 Å². The number of Topliss-reactive ketones (excluding diaryl/α,β-unsaturated/α-hetero) is 2. The quantitative estimate of drug-likeness (QED) is 0.783. The van der Waals surface area contributed by atoms with Gasteiger partial charge in [-0.1, -0.05) is 30.3 Å². The largest absolute Gasteiger partial charge is 0.370 e. The van der Waals surface area contributed by atoms with Gasteiger partial charge in [-0.2, -0.15) is 0 Å². The first-order chi connectivity index (χ1) is 10.5. The molecule has 1 aromatic carbocycles. The lowest BCUT2D eigenvalue weighted by Crippen LogP contribution is -2.42. The molecule has 4 fully saturated rings. The molecule has 116 valence electrons. The van der Waals surface area contributed by atoms with Crippen LogP contribution in [0.1, 0.15) is 44.6 Å². The molecule has 0 radical (unpaired) electrons. The summed E-state index contributed by atoms with van der Waals surface area (Å²) in [5, 5.41) is 0. The molecule has 0 spiro atoms. The summed E-state index contributed by atoms with van der Waals surface area (Å²) in [5.74, 6) is 0.515. The molecule has 3 nitrogen and oxygen atoms in total. The van der Waals surface area contributed by atoms with Crippen LogP contribution in [0.25, 0.3) is 0 Å². The van der Waals surface area contributed by atoms with Crippen molar-refractivity contribution in [2.45, 2.75) is 51.2 Å². The molecule has 4 aliphatic carbocycles. The van der Waals surface area contributed by atoms with Gasteiger partial charge in [0.15, 0.2) is 5.78 Å². The Morgan fingerprint density at radius 2 is 1.95 bits per heavy atom. The van der Waals surface area contributed by atoms with Gasteiger partial charge in [0.05, 0.1) is 12.2 Å². The Morgan fingerprint density at radius 3 is 2.68 bits per heavy atom. The summed E-state index contributed by atoms with van der Waals surface area (Å²) >= 11 is 0. The minimum absolute atomic E-state index is 0.134. The second-order valence-corrected chi connectivity index (χ2v) is 7.59. The molecule has 4 bridgehead atoms. The van der Waals surface area contributed by atoms with Crippen LogP contribution in [-0.4, -0.2) is 17.2 Å². The predicted molar refractivity (Wildman–Crippen MR) is 82.1 cm³/mol. The lowest BCUT2D eigenvalue weighted by Gasteiger charge is -2.40. The van der Waals surface area contributed by atoms with Gasteiger partial charge in [0.25, 0.3) is 0 Å². The van der Waals surface area contributed by atoms with E-state index in [1.807, 2.05) is 18.2 Å². The van der Waals surface area contributed by atoms with Crippen molar-refractivity contribution < 1.29 is 14.3 Å². The summed E-state index contributed by atoms with van der Waals surface area (Å²) in [5.41, 5.74) is 0.601. The molecule has 22 heavy (non-hydrogen) atoms. The summed E-state index contributed by atoms with van der Waals surface area (Å²) in [6.45, 7) is 2.03. The lowest BCUT2D eigenvalue weighted by atomic mass is 9.70. The molecule has 0 aromatic heterocycles. The molecule has 4 saturated carbocycles. The Bertz CT molecular complexity index is 623. The van der Waals surface area contributed by atoms with E-state index in [-0.39, 0.29) is 17.2 Å². The SMILES string of the molecule is CC(=O)C(=O)C12CC3CC1CC(OCc1ccccc1)(C3)C2. The van der Waals surface area contributed by atoms with Crippen molar-refractivity contribution in [1.82, 2.24) is 0 Å². The van der Waals surface area contributed by atoms with E-state index in [9.17, 15) is 9.59 Å². The fourth-order valence-electron chi connectivity index (χ4n) is 5.51. The molecule has 1 aromatic rings. The minimum atomic E-state index is -0.397. The average Bonchev–Trinajstić information content (AvgIpc) is 2.89. The summed E-state index contributed by atoms with van der Waals surface area (Å²) in [4.78, 5) is 24.2. The van der Waals surface area contributed by atoms with Crippen LogP contribution in [0, 0.1) is 17.3 Å². The van der Waals surface area contributed by atoms with Crippen molar-refractivity contribution in [3.8, 4) is 0 Å². The van der Waals surface area contributed by atoms with Gasteiger partial charge in [-0.3, -0.25) is 9.59 Å². The van der Waals surface area contributed by atoms with Gasteiger partial charge in [0.1, 0.15) is 0 Å². The maximum Gasteiger partial charge on any atom is 0.204 e. The van der Waals surface area contributed by atoms with Gasteiger partial charge >= 0.3 is 0 Å². The third-order valence-electron chi connectivity index (χ3n) is 6.13. The van der Waals surface area contributed by atoms with E-state index in [1.165, 1.54) is 12.5 Å². The van der Waals surface area contributed by atoms with Crippen LogP contribution >= 0.6 is 0 Å². The van der Waals surface area contributed by atoms with E-state index in [0.29, 0.717) is 18.4 Å². The van der Waals surface area contributed by atoms with Crippen molar-refractivity contribution >= 4 is 11.6 Å². The number of rotatable bonds is 5. The van der Waals surface area contributed by atoms with E-state index in [2.05, 4.69) is 12.1 Å². The smallest absolute Gasteiger partial charge is 0.204 e. The monoisotopic (exact) mass is 298 g/mol. The molecule has 0 saturated heterocycles. The molecule has 4 aliphatic rings. The van der Waals surface area contributed by atoms with Crippen LogP contribution in [0.15, 0.2) is 30.3 Å². The summed E-state index contributed by atoms with van der Waals surface area (Å²) in [7, 11) is 0. The van der Waals surface area contributed by atoms with Gasteiger partial charge in [-0.25, -0.2) is 0 Å². The first-order valence-electron chi connectivity index (χ1n) is 8.26.